The maximum atomic E-state index is 5.82. The van der Waals surface area contributed by atoms with E-state index >= 15 is 0 Å². The molecule has 1 aromatic heterocycles. The fraction of sp³-hybridized carbons (Fsp3) is 0.733. The third-order valence-corrected chi connectivity index (χ3v) is 4.57. The minimum absolute atomic E-state index is 0.349. The Morgan fingerprint density at radius 1 is 1.19 bits per heavy atom. The van der Waals surface area contributed by atoms with Crippen LogP contribution in [0, 0.1) is 0 Å². The van der Waals surface area contributed by atoms with Gasteiger partial charge in [-0.1, -0.05) is 12.8 Å². The van der Waals surface area contributed by atoms with Gasteiger partial charge in [0, 0.05) is 44.8 Å². The number of nitrogens with zero attached hydrogens (tertiary/aromatic N) is 4. The number of hydrogen-bond donors (Lipinski definition) is 2. The first kappa shape index (κ1) is 14.4. The second-order valence-electron chi connectivity index (χ2n) is 5.96. The largest absolute Gasteiger partial charge is 0.370 e. The predicted molar refractivity (Wildman–Crippen MR) is 86.7 cm³/mol. The highest BCUT2D eigenvalue weighted by Gasteiger charge is 2.26. The van der Waals surface area contributed by atoms with Crippen LogP contribution in [0.15, 0.2) is 6.07 Å². The van der Waals surface area contributed by atoms with Crippen LogP contribution >= 0.6 is 0 Å². The molecule has 1 saturated heterocycles. The number of piperazine rings is 1. The number of aromatic nitrogens is 2. The number of rotatable bonds is 4. The quantitative estimate of drug-likeness (QED) is 0.877. The van der Waals surface area contributed by atoms with Crippen LogP contribution in [0.25, 0.3) is 0 Å². The van der Waals surface area contributed by atoms with Crippen LogP contribution in [0.1, 0.15) is 32.6 Å². The van der Waals surface area contributed by atoms with Crippen molar-refractivity contribution < 1.29 is 0 Å². The van der Waals surface area contributed by atoms with Gasteiger partial charge in [-0.15, -0.1) is 0 Å². The van der Waals surface area contributed by atoms with Gasteiger partial charge in [-0.3, -0.25) is 4.90 Å². The van der Waals surface area contributed by atoms with Crippen LogP contribution in [-0.4, -0.2) is 53.6 Å². The van der Waals surface area contributed by atoms with E-state index < -0.39 is 0 Å². The van der Waals surface area contributed by atoms with Gasteiger partial charge in [-0.2, -0.15) is 9.97 Å². The first-order valence-corrected chi connectivity index (χ1v) is 8.13. The van der Waals surface area contributed by atoms with E-state index in [0.717, 1.165) is 50.4 Å². The first-order chi connectivity index (χ1) is 10.3. The standard InChI is InChI=1S/C15H26N6/c1-2-17-13-11-14(19-15(16)18-13)21-9-7-20(8-10-21)12-5-3-4-6-12/h11-12H,2-10H2,1H3,(H3,16,17,18,19). The van der Waals surface area contributed by atoms with Crippen LogP contribution < -0.4 is 16.0 Å². The molecule has 1 aliphatic heterocycles. The summed E-state index contributed by atoms with van der Waals surface area (Å²) < 4.78 is 0. The molecule has 3 N–H and O–H groups in total. The van der Waals surface area contributed by atoms with Gasteiger partial charge in [0.1, 0.15) is 11.6 Å². The first-order valence-electron chi connectivity index (χ1n) is 8.13. The Morgan fingerprint density at radius 3 is 2.57 bits per heavy atom. The highest BCUT2D eigenvalue weighted by Crippen LogP contribution is 2.25. The van der Waals surface area contributed by atoms with Crippen LogP contribution in [0.4, 0.5) is 17.6 Å². The van der Waals surface area contributed by atoms with Gasteiger partial charge in [0.15, 0.2) is 0 Å². The molecule has 21 heavy (non-hydrogen) atoms. The van der Waals surface area contributed by atoms with Crippen molar-refractivity contribution in [3.8, 4) is 0 Å². The summed E-state index contributed by atoms with van der Waals surface area (Å²) in [6, 6.07) is 2.82. The lowest BCUT2D eigenvalue weighted by molar-refractivity contribution is 0.187. The highest BCUT2D eigenvalue weighted by atomic mass is 15.3. The van der Waals surface area contributed by atoms with Crippen molar-refractivity contribution in [3.63, 3.8) is 0 Å². The summed E-state index contributed by atoms with van der Waals surface area (Å²) in [4.78, 5) is 13.6. The topological polar surface area (TPSA) is 70.3 Å². The summed E-state index contributed by atoms with van der Waals surface area (Å²) >= 11 is 0. The Balaban J connectivity index is 1.63. The lowest BCUT2D eigenvalue weighted by Crippen LogP contribution is -2.50. The van der Waals surface area contributed by atoms with E-state index in [9.17, 15) is 0 Å². The SMILES string of the molecule is CCNc1cc(N2CCN(C3CCCC3)CC2)nc(N)n1. The molecule has 2 heterocycles. The molecule has 0 spiro atoms. The Kier molecular flexibility index (Phi) is 4.43. The van der Waals surface area contributed by atoms with Gasteiger partial charge in [-0.05, 0) is 19.8 Å². The average molecular weight is 290 g/mol. The molecule has 1 aromatic rings. The van der Waals surface area contributed by atoms with E-state index in [1.807, 2.05) is 6.07 Å². The summed E-state index contributed by atoms with van der Waals surface area (Å²) in [5.74, 6) is 2.12. The fourth-order valence-electron chi connectivity index (χ4n) is 3.47. The minimum atomic E-state index is 0.349. The minimum Gasteiger partial charge on any atom is -0.370 e. The molecule has 0 aromatic carbocycles. The lowest BCUT2D eigenvalue weighted by Gasteiger charge is -2.38. The van der Waals surface area contributed by atoms with E-state index in [2.05, 4.69) is 32.0 Å². The molecule has 6 nitrogen and oxygen atoms in total. The maximum absolute atomic E-state index is 5.82. The molecule has 2 fully saturated rings. The Labute approximate surface area is 126 Å². The molecule has 6 heteroatoms. The van der Waals surface area contributed by atoms with E-state index in [-0.39, 0.29) is 0 Å². The number of nitrogens with two attached hydrogens (primary N) is 1. The maximum Gasteiger partial charge on any atom is 0.223 e. The Morgan fingerprint density at radius 2 is 1.90 bits per heavy atom. The number of nitrogen functional groups attached to an aromatic ring is 1. The third-order valence-electron chi connectivity index (χ3n) is 4.57. The molecule has 3 rings (SSSR count). The zero-order valence-electron chi connectivity index (χ0n) is 12.9. The summed E-state index contributed by atoms with van der Waals surface area (Å²) in [7, 11) is 0. The summed E-state index contributed by atoms with van der Waals surface area (Å²) in [5.41, 5.74) is 5.82. The number of hydrogen-bond acceptors (Lipinski definition) is 6. The second kappa shape index (κ2) is 6.47. The van der Waals surface area contributed by atoms with Gasteiger partial charge in [0.05, 0.1) is 0 Å². The van der Waals surface area contributed by atoms with Crippen molar-refractivity contribution in [2.75, 3.05) is 48.7 Å². The Bertz CT molecular complexity index is 463. The van der Waals surface area contributed by atoms with Crippen molar-refractivity contribution >= 4 is 17.6 Å². The fourth-order valence-corrected chi connectivity index (χ4v) is 3.47. The highest BCUT2D eigenvalue weighted by molar-refractivity contribution is 5.52. The molecular formula is C15H26N6. The van der Waals surface area contributed by atoms with E-state index in [1.54, 1.807) is 0 Å². The monoisotopic (exact) mass is 290 g/mol. The second-order valence-corrected chi connectivity index (χ2v) is 5.96. The molecule has 2 aliphatic rings. The summed E-state index contributed by atoms with van der Waals surface area (Å²) in [6.45, 7) is 7.21. The van der Waals surface area contributed by atoms with E-state index in [1.165, 1.54) is 25.7 Å². The zero-order valence-corrected chi connectivity index (χ0v) is 12.9. The molecule has 1 saturated carbocycles. The zero-order chi connectivity index (χ0) is 14.7. The molecule has 0 bridgehead atoms. The van der Waals surface area contributed by atoms with Gasteiger partial charge < -0.3 is 16.0 Å². The van der Waals surface area contributed by atoms with Crippen molar-refractivity contribution in [1.29, 1.82) is 0 Å². The van der Waals surface area contributed by atoms with Crippen LogP contribution in [0.5, 0.6) is 0 Å². The predicted octanol–water partition coefficient (Wildman–Crippen LogP) is 1.56. The summed E-state index contributed by atoms with van der Waals surface area (Å²) in [5, 5.41) is 3.21. The molecule has 116 valence electrons. The van der Waals surface area contributed by atoms with Crippen LogP contribution in [-0.2, 0) is 0 Å². The third kappa shape index (κ3) is 3.37. The van der Waals surface area contributed by atoms with Crippen molar-refractivity contribution in [2.24, 2.45) is 0 Å². The van der Waals surface area contributed by atoms with Gasteiger partial charge in [0.2, 0.25) is 5.95 Å². The van der Waals surface area contributed by atoms with Crippen molar-refractivity contribution in [2.45, 2.75) is 38.6 Å². The van der Waals surface area contributed by atoms with Crippen molar-refractivity contribution in [1.82, 2.24) is 14.9 Å². The van der Waals surface area contributed by atoms with Gasteiger partial charge in [0.25, 0.3) is 0 Å². The summed E-state index contributed by atoms with van der Waals surface area (Å²) in [6.07, 6.45) is 5.56. The Hall–Kier alpha value is -1.56. The molecule has 1 aliphatic carbocycles. The van der Waals surface area contributed by atoms with Crippen LogP contribution in [0.2, 0.25) is 0 Å². The lowest BCUT2D eigenvalue weighted by atomic mass is 10.2. The molecule has 0 radical (unpaired) electrons. The van der Waals surface area contributed by atoms with Gasteiger partial charge in [-0.25, -0.2) is 0 Å². The normalized spacial score (nSPS) is 20.9. The van der Waals surface area contributed by atoms with E-state index in [4.69, 9.17) is 5.73 Å². The number of anilines is 3. The van der Waals surface area contributed by atoms with Gasteiger partial charge >= 0.3 is 0 Å². The molecule has 0 amide bonds. The molecule has 0 atom stereocenters. The smallest absolute Gasteiger partial charge is 0.223 e. The number of nitrogens with one attached hydrogen (secondary N) is 1. The van der Waals surface area contributed by atoms with E-state index in [0.29, 0.717) is 5.95 Å². The average Bonchev–Trinajstić information content (AvgIpc) is 3.01. The van der Waals surface area contributed by atoms with Crippen molar-refractivity contribution in [3.05, 3.63) is 6.07 Å². The van der Waals surface area contributed by atoms with Crippen LogP contribution in [0.3, 0.4) is 0 Å². The molecular weight excluding hydrogens is 264 g/mol. The molecule has 0 unspecified atom stereocenters.